The standard InChI is InChI=1S/C6H10O.C2H4O2/c7-6-4-2-1-3-5-6;1-2(3)4/h1-5H2;1H3,(H,3,4). The normalized spacial score (nSPS) is 16.6. The Morgan fingerprint density at radius 2 is 1.64 bits per heavy atom. The summed E-state index contributed by atoms with van der Waals surface area (Å²) in [5.74, 6) is -0.369. The lowest BCUT2D eigenvalue weighted by Gasteiger charge is -2.05. The van der Waals surface area contributed by atoms with Gasteiger partial charge in [0.15, 0.2) is 0 Å². The van der Waals surface area contributed by atoms with Crippen LogP contribution >= 0.6 is 0 Å². The maximum atomic E-state index is 10.5. The molecule has 3 nitrogen and oxygen atoms in total. The van der Waals surface area contributed by atoms with Gasteiger partial charge in [-0.3, -0.25) is 9.59 Å². The third-order valence-electron chi connectivity index (χ3n) is 1.41. The molecule has 0 amide bonds. The summed E-state index contributed by atoms with van der Waals surface area (Å²) in [5.41, 5.74) is 0. The van der Waals surface area contributed by atoms with Crippen LogP contribution in [0.25, 0.3) is 0 Å². The van der Waals surface area contributed by atoms with Crippen molar-refractivity contribution in [3.63, 3.8) is 0 Å². The number of hydrogen-bond donors (Lipinski definition) is 1. The summed E-state index contributed by atoms with van der Waals surface area (Å²) >= 11 is 0. The highest BCUT2D eigenvalue weighted by Crippen LogP contribution is 2.12. The van der Waals surface area contributed by atoms with E-state index in [1.807, 2.05) is 0 Å². The highest BCUT2D eigenvalue weighted by molar-refractivity contribution is 5.78. The van der Waals surface area contributed by atoms with E-state index in [0.717, 1.165) is 32.6 Å². The minimum atomic E-state index is -0.833. The molecule has 1 aliphatic carbocycles. The molecule has 3 heteroatoms. The Labute approximate surface area is 66.4 Å². The number of carboxylic acid groups (broad SMARTS) is 1. The van der Waals surface area contributed by atoms with Gasteiger partial charge in [0, 0.05) is 19.8 Å². The highest BCUT2D eigenvalue weighted by Gasteiger charge is 2.05. The number of carbonyl (C=O) groups excluding carboxylic acids is 1. The maximum absolute atomic E-state index is 10.5. The molecule has 0 aliphatic heterocycles. The van der Waals surface area contributed by atoms with E-state index in [-0.39, 0.29) is 0 Å². The average molecular weight is 158 g/mol. The van der Waals surface area contributed by atoms with Gasteiger partial charge in [-0.1, -0.05) is 6.42 Å². The van der Waals surface area contributed by atoms with E-state index in [2.05, 4.69) is 0 Å². The number of Topliss-reactive ketones (excluding diaryl/α,β-unsaturated/α-hetero) is 1. The molecule has 1 N–H and O–H groups in total. The number of ketones is 1. The zero-order valence-electron chi connectivity index (χ0n) is 6.80. The largest absolute Gasteiger partial charge is 0.481 e. The Kier molecular flexibility index (Phi) is 5.43. The molecule has 1 fully saturated rings. The molecule has 1 saturated carbocycles. The Morgan fingerprint density at radius 1 is 1.27 bits per heavy atom. The highest BCUT2D eigenvalue weighted by atomic mass is 16.4. The molecule has 0 heterocycles. The molecule has 0 saturated heterocycles. The molecule has 0 aromatic heterocycles. The first-order valence-corrected chi connectivity index (χ1v) is 3.84. The lowest BCUT2D eigenvalue weighted by molar-refractivity contribution is -0.134. The van der Waals surface area contributed by atoms with Crippen LogP contribution in [0.2, 0.25) is 0 Å². The van der Waals surface area contributed by atoms with Crippen LogP contribution in [-0.4, -0.2) is 16.9 Å². The molecule has 0 atom stereocenters. The van der Waals surface area contributed by atoms with Crippen LogP contribution in [-0.2, 0) is 9.59 Å². The van der Waals surface area contributed by atoms with Crippen LogP contribution in [0.4, 0.5) is 0 Å². The molecule has 0 aromatic rings. The lowest BCUT2D eigenvalue weighted by Crippen LogP contribution is -2.02. The second-order valence-electron chi connectivity index (χ2n) is 2.62. The molecule has 0 unspecified atom stereocenters. The van der Waals surface area contributed by atoms with Crippen molar-refractivity contribution in [3.05, 3.63) is 0 Å². The predicted molar refractivity (Wildman–Crippen MR) is 41.4 cm³/mol. The molecular weight excluding hydrogens is 144 g/mol. The molecule has 0 spiro atoms. The molecule has 64 valence electrons. The molecule has 0 aromatic carbocycles. The van der Waals surface area contributed by atoms with E-state index in [1.165, 1.54) is 6.42 Å². The summed E-state index contributed by atoms with van der Waals surface area (Å²) in [6.45, 7) is 1.08. The Morgan fingerprint density at radius 3 is 1.82 bits per heavy atom. The first-order valence-electron chi connectivity index (χ1n) is 3.84. The number of hydrogen-bond acceptors (Lipinski definition) is 2. The van der Waals surface area contributed by atoms with Crippen LogP contribution in [0.1, 0.15) is 39.0 Å². The van der Waals surface area contributed by atoms with Gasteiger partial charge in [0.05, 0.1) is 0 Å². The van der Waals surface area contributed by atoms with Crippen molar-refractivity contribution >= 4 is 11.8 Å². The maximum Gasteiger partial charge on any atom is 0.300 e. The molecular formula is C8H14O3. The van der Waals surface area contributed by atoms with Crippen LogP contribution in [0.3, 0.4) is 0 Å². The van der Waals surface area contributed by atoms with Crippen molar-refractivity contribution in [1.82, 2.24) is 0 Å². The summed E-state index contributed by atoms with van der Waals surface area (Å²) in [5, 5.41) is 7.42. The number of aliphatic carboxylic acids is 1. The zero-order valence-corrected chi connectivity index (χ0v) is 6.80. The smallest absolute Gasteiger partial charge is 0.300 e. The Balaban J connectivity index is 0.000000218. The van der Waals surface area contributed by atoms with E-state index < -0.39 is 5.97 Å². The number of rotatable bonds is 0. The van der Waals surface area contributed by atoms with E-state index >= 15 is 0 Å². The van der Waals surface area contributed by atoms with Gasteiger partial charge in [-0.15, -0.1) is 0 Å². The first kappa shape index (κ1) is 10.1. The van der Waals surface area contributed by atoms with Gasteiger partial charge < -0.3 is 5.11 Å². The van der Waals surface area contributed by atoms with Gasteiger partial charge in [-0.25, -0.2) is 0 Å². The van der Waals surface area contributed by atoms with Crippen LogP contribution in [0.15, 0.2) is 0 Å². The van der Waals surface area contributed by atoms with Gasteiger partial charge in [0.1, 0.15) is 5.78 Å². The molecule has 0 radical (unpaired) electrons. The van der Waals surface area contributed by atoms with E-state index in [4.69, 9.17) is 9.90 Å². The summed E-state index contributed by atoms with van der Waals surface area (Å²) in [7, 11) is 0. The molecule has 1 rings (SSSR count). The topological polar surface area (TPSA) is 54.4 Å². The molecule has 11 heavy (non-hydrogen) atoms. The summed E-state index contributed by atoms with van der Waals surface area (Å²) in [4.78, 5) is 19.5. The lowest BCUT2D eigenvalue weighted by atomic mass is 10.00. The third-order valence-corrected chi connectivity index (χ3v) is 1.41. The van der Waals surface area contributed by atoms with Crippen LogP contribution in [0.5, 0.6) is 0 Å². The second-order valence-corrected chi connectivity index (χ2v) is 2.62. The summed E-state index contributed by atoms with van der Waals surface area (Å²) < 4.78 is 0. The molecule has 0 bridgehead atoms. The molecule has 1 aliphatic rings. The van der Waals surface area contributed by atoms with Crippen molar-refractivity contribution in [1.29, 1.82) is 0 Å². The van der Waals surface area contributed by atoms with Crippen molar-refractivity contribution in [3.8, 4) is 0 Å². The van der Waals surface area contributed by atoms with Gasteiger partial charge in [-0.05, 0) is 12.8 Å². The van der Waals surface area contributed by atoms with E-state index in [9.17, 15) is 4.79 Å². The fourth-order valence-electron chi connectivity index (χ4n) is 0.946. The quantitative estimate of drug-likeness (QED) is 0.582. The Hall–Kier alpha value is -0.860. The van der Waals surface area contributed by atoms with Gasteiger partial charge in [0.2, 0.25) is 0 Å². The van der Waals surface area contributed by atoms with E-state index in [0.29, 0.717) is 5.78 Å². The van der Waals surface area contributed by atoms with Crippen LogP contribution in [0, 0.1) is 0 Å². The minimum Gasteiger partial charge on any atom is -0.481 e. The first-order chi connectivity index (χ1) is 5.13. The van der Waals surface area contributed by atoms with Crippen molar-refractivity contribution < 1.29 is 14.7 Å². The van der Waals surface area contributed by atoms with Gasteiger partial charge in [0.25, 0.3) is 5.97 Å². The minimum absolute atomic E-state index is 0.464. The second kappa shape index (κ2) is 5.89. The van der Waals surface area contributed by atoms with Crippen LogP contribution < -0.4 is 0 Å². The van der Waals surface area contributed by atoms with E-state index in [1.54, 1.807) is 0 Å². The van der Waals surface area contributed by atoms with Crippen molar-refractivity contribution in [2.75, 3.05) is 0 Å². The monoisotopic (exact) mass is 158 g/mol. The number of carboxylic acids is 1. The summed E-state index contributed by atoms with van der Waals surface area (Å²) in [6, 6.07) is 0. The SMILES string of the molecule is CC(=O)O.O=C1CCCCC1. The fourth-order valence-corrected chi connectivity index (χ4v) is 0.946. The fraction of sp³-hybridized carbons (Fsp3) is 0.750. The van der Waals surface area contributed by atoms with Crippen molar-refractivity contribution in [2.45, 2.75) is 39.0 Å². The zero-order chi connectivity index (χ0) is 8.69. The third kappa shape index (κ3) is 9.14. The van der Waals surface area contributed by atoms with Crippen molar-refractivity contribution in [2.24, 2.45) is 0 Å². The predicted octanol–water partition coefficient (Wildman–Crippen LogP) is 1.61. The van der Waals surface area contributed by atoms with Gasteiger partial charge >= 0.3 is 0 Å². The Bertz CT molecular complexity index is 128. The van der Waals surface area contributed by atoms with Gasteiger partial charge in [-0.2, -0.15) is 0 Å². The average Bonchev–Trinajstić information content (AvgIpc) is 1.87. The summed E-state index contributed by atoms with van der Waals surface area (Å²) in [6.07, 6.45) is 5.24. The number of carbonyl (C=O) groups is 2.